The Morgan fingerprint density at radius 1 is 1.09 bits per heavy atom. The van der Waals surface area contributed by atoms with Crippen LogP contribution in [0.1, 0.15) is 30.1 Å². The third-order valence-electron chi connectivity index (χ3n) is 5.40. The van der Waals surface area contributed by atoms with E-state index in [0.717, 1.165) is 16.9 Å². The summed E-state index contributed by atoms with van der Waals surface area (Å²) in [6.45, 7) is 3.26. The molecule has 1 amide bonds. The quantitative estimate of drug-likeness (QED) is 0.594. The van der Waals surface area contributed by atoms with E-state index in [1.165, 1.54) is 0 Å². The van der Waals surface area contributed by atoms with Crippen LogP contribution in [0.15, 0.2) is 61.1 Å². The van der Waals surface area contributed by atoms with E-state index in [4.69, 9.17) is 4.74 Å². The van der Waals surface area contributed by atoms with Crippen LogP contribution in [-0.4, -0.2) is 51.4 Å². The van der Waals surface area contributed by atoms with Crippen molar-refractivity contribution in [2.24, 2.45) is 5.92 Å². The third-order valence-corrected chi connectivity index (χ3v) is 5.40. The molecule has 0 unspecified atom stereocenters. The summed E-state index contributed by atoms with van der Waals surface area (Å²) in [7, 11) is 0. The number of carbonyl (C=O) groups is 2. The standard InChI is InChI=1S/C24H25N5O3/c1-2-32-23(31)18-9-14-29(15-10-18)22(30)19-4-3-5-20(16-19)27-24-26-13-8-21(28-24)17-6-11-25-12-7-17/h3-8,11-13,16,18H,2,9-10,14-15H2,1H3,(H,26,27,28). The summed E-state index contributed by atoms with van der Waals surface area (Å²) in [5.41, 5.74) is 3.03. The molecule has 0 spiro atoms. The number of benzene rings is 1. The smallest absolute Gasteiger partial charge is 0.309 e. The number of hydrogen-bond acceptors (Lipinski definition) is 7. The monoisotopic (exact) mass is 431 g/mol. The number of pyridine rings is 1. The number of piperidine rings is 1. The highest BCUT2D eigenvalue weighted by Gasteiger charge is 2.28. The second kappa shape index (κ2) is 10.00. The van der Waals surface area contributed by atoms with E-state index in [2.05, 4.69) is 20.3 Å². The lowest BCUT2D eigenvalue weighted by Gasteiger charge is -2.31. The van der Waals surface area contributed by atoms with Gasteiger partial charge in [0.1, 0.15) is 0 Å². The zero-order valence-corrected chi connectivity index (χ0v) is 17.9. The summed E-state index contributed by atoms with van der Waals surface area (Å²) in [6, 6.07) is 12.9. The van der Waals surface area contributed by atoms with Crippen LogP contribution in [0.2, 0.25) is 0 Å². The Morgan fingerprint density at radius 2 is 1.88 bits per heavy atom. The van der Waals surface area contributed by atoms with Crippen LogP contribution in [-0.2, 0) is 9.53 Å². The van der Waals surface area contributed by atoms with Gasteiger partial charge in [-0.15, -0.1) is 0 Å². The molecule has 1 fully saturated rings. The molecule has 0 aliphatic carbocycles. The van der Waals surface area contributed by atoms with Crippen molar-refractivity contribution in [2.45, 2.75) is 19.8 Å². The number of nitrogens with one attached hydrogen (secondary N) is 1. The minimum absolute atomic E-state index is 0.0533. The summed E-state index contributed by atoms with van der Waals surface area (Å²) in [5, 5.41) is 3.18. The molecule has 164 valence electrons. The number of esters is 1. The number of rotatable bonds is 6. The van der Waals surface area contributed by atoms with Crippen molar-refractivity contribution in [3.8, 4) is 11.3 Å². The van der Waals surface area contributed by atoms with E-state index in [-0.39, 0.29) is 17.8 Å². The zero-order valence-electron chi connectivity index (χ0n) is 17.9. The first kappa shape index (κ1) is 21.4. The van der Waals surface area contributed by atoms with Gasteiger partial charge in [0.15, 0.2) is 0 Å². The lowest BCUT2D eigenvalue weighted by Crippen LogP contribution is -2.40. The SMILES string of the molecule is CCOC(=O)C1CCN(C(=O)c2cccc(Nc3nccc(-c4ccncc4)n3)c2)CC1. The van der Waals surface area contributed by atoms with Crippen LogP contribution < -0.4 is 5.32 Å². The first-order valence-electron chi connectivity index (χ1n) is 10.7. The molecule has 1 N–H and O–H groups in total. The molecule has 8 heteroatoms. The highest BCUT2D eigenvalue weighted by atomic mass is 16.5. The number of carbonyl (C=O) groups excluding carboxylic acids is 2. The molecule has 4 rings (SSSR count). The Kier molecular flexibility index (Phi) is 6.69. The van der Waals surface area contributed by atoms with Crippen LogP contribution in [0.25, 0.3) is 11.3 Å². The highest BCUT2D eigenvalue weighted by molar-refractivity contribution is 5.95. The topological polar surface area (TPSA) is 97.3 Å². The number of aromatic nitrogens is 3. The molecule has 1 saturated heterocycles. The van der Waals surface area contributed by atoms with Crippen molar-refractivity contribution in [1.29, 1.82) is 0 Å². The van der Waals surface area contributed by atoms with E-state index >= 15 is 0 Å². The maximum Gasteiger partial charge on any atom is 0.309 e. The number of nitrogens with zero attached hydrogens (tertiary/aromatic N) is 4. The molecule has 1 aliphatic rings. The van der Waals surface area contributed by atoms with Gasteiger partial charge < -0.3 is 15.0 Å². The fourth-order valence-corrected chi connectivity index (χ4v) is 3.72. The summed E-state index contributed by atoms with van der Waals surface area (Å²) in [4.78, 5) is 39.6. The van der Waals surface area contributed by atoms with E-state index in [0.29, 0.717) is 44.0 Å². The van der Waals surface area contributed by atoms with Crippen LogP contribution in [0.3, 0.4) is 0 Å². The van der Waals surface area contributed by atoms with Crippen molar-refractivity contribution in [2.75, 3.05) is 25.0 Å². The molecule has 32 heavy (non-hydrogen) atoms. The van der Waals surface area contributed by atoms with Crippen molar-refractivity contribution in [3.05, 3.63) is 66.6 Å². The van der Waals surface area contributed by atoms with Crippen molar-refractivity contribution in [1.82, 2.24) is 19.9 Å². The number of ether oxygens (including phenoxy) is 1. The number of likely N-dealkylation sites (tertiary alicyclic amines) is 1. The molecule has 0 bridgehead atoms. The van der Waals surface area contributed by atoms with Gasteiger partial charge in [-0.25, -0.2) is 9.97 Å². The second-order valence-electron chi connectivity index (χ2n) is 7.53. The first-order chi connectivity index (χ1) is 15.6. The van der Waals surface area contributed by atoms with Crippen molar-refractivity contribution >= 4 is 23.5 Å². The highest BCUT2D eigenvalue weighted by Crippen LogP contribution is 2.23. The maximum atomic E-state index is 13.0. The molecule has 0 radical (unpaired) electrons. The van der Waals surface area contributed by atoms with Gasteiger partial charge in [0, 0.05) is 48.5 Å². The van der Waals surface area contributed by atoms with Gasteiger partial charge in [0.05, 0.1) is 18.2 Å². The fraction of sp³-hybridized carbons (Fsp3) is 0.292. The van der Waals surface area contributed by atoms with E-state index in [1.807, 2.05) is 30.3 Å². The fourth-order valence-electron chi connectivity index (χ4n) is 3.72. The number of hydrogen-bond donors (Lipinski definition) is 1. The molecule has 0 atom stereocenters. The number of anilines is 2. The van der Waals surface area contributed by atoms with E-state index in [9.17, 15) is 9.59 Å². The van der Waals surface area contributed by atoms with Crippen LogP contribution >= 0.6 is 0 Å². The maximum absolute atomic E-state index is 13.0. The zero-order chi connectivity index (χ0) is 22.3. The molecule has 1 aliphatic heterocycles. The van der Waals surface area contributed by atoms with Gasteiger partial charge in [-0.2, -0.15) is 0 Å². The average molecular weight is 431 g/mol. The molecule has 2 aromatic heterocycles. The van der Waals surface area contributed by atoms with Crippen LogP contribution in [0.5, 0.6) is 0 Å². The van der Waals surface area contributed by atoms with Gasteiger partial charge in [0.2, 0.25) is 5.95 Å². The molecule has 0 saturated carbocycles. The lowest BCUT2D eigenvalue weighted by molar-refractivity contribution is -0.149. The Morgan fingerprint density at radius 3 is 2.62 bits per heavy atom. The minimum atomic E-state index is -0.167. The van der Waals surface area contributed by atoms with Gasteiger partial charge >= 0.3 is 5.97 Å². The molecule has 3 heterocycles. The number of amides is 1. The van der Waals surface area contributed by atoms with Crippen LogP contribution in [0, 0.1) is 5.92 Å². The van der Waals surface area contributed by atoms with Crippen molar-refractivity contribution in [3.63, 3.8) is 0 Å². The molecule has 3 aromatic rings. The Bertz CT molecular complexity index is 1080. The largest absolute Gasteiger partial charge is 0.466 e. The van der Waals surface area contributed by atoms with Gasteiger partial charge in [0.25, 0.3) is 5.91 Å². The normalized spacial score (nSPS) is 14.1. The Labute approximate surface area is 186 Å². The van der Waals surface area contributed by atoms with E-state index < -0.39 is 0 Å². The van der Waals surface area contributed by atoms with Gasteiger partial charge in [-0.1, -0.05) is 6.07 Å². The Balaban J connectivity index is 1.42. The summed E-state index contributed by atoms with van der Waals surface area (Å²) >= 11 is 0. The average Bonchev–Trinajstić information content (AvgIpc) is 2.85. The molecular weight excluding hydrogens is 406 g/mol. The lowest BCUT2D eigenvalue weighted by atomic mass is 9.96. The summed E-state index contributed by atoms with van der Waals surface area (Å²) in [6.07, 6.45) is 6.37. The van der Waals surface area contributed by atoms with E-state index in [1.54, 1.807) is 42.5 Å². The predicted octanol–water partition coefficient (Wildman–Crippen LogP) is 3.70. The minimum Gasteiger partial charge on any atom is -0.466 e. The van der Waals surface area contributed by atoms with Gasteiger partial charge in [-0.05, 0) is 56.2 Å². The summed E-state index contributed by atoms with van der Waals surface area (Å²) in [5.74, 6) is 0.0955. The van der Waals surface area contributed by atoms with Crippen molar-refractivity contribution < 1.29 is 14.3 Å². The Hall–Kier alpha value is -3.81. The molecule has 8 nitrogen and oxygen atoms in total. The first-order valence-corrected chi connectivity index (χ1v) is 10.7. The molecule has 1 aromatic carbocycles. The molecular formula is C24H25N5O3. The third kappa shape index (κ3) is 5.08. The van der Waals surface area contributed by atoms with Crippen LogP contribution in [0.4, 0.5) is 11.6 Å². The predicted molar refractivity (Wildman–Crippen MR) is 120 cm³/mol. The second-order valence-corrected chi connectivity index (χ2v) is 7.53. The van der Waals surface area contributed by atoms with Gasteiger partial charge in [-0.3, -0.25) is 14.6 Å². The summed E-state index contributed by atoms with van der Waals surface area (Å²) < 4.78 is 5.11.